The maximum atomic E-state index is 12.9. The number of carbonyl (C=O) groups excluding carboxylic acids is 2. The number of nitrogens with one attached hydrogen (secondary N) is 1. The fourth-order valence-corrected chi connectivity index (χ4v) is 5.27. The molecule has 206 valence electrons. The Hall–Kier alpha value is -4.30. The third-order valence-electron chi connectivity index (χ3n) is 6.80. The molecule has 0 unspecified atom stereocenters. The number of nitrogens with zero attached hydrogens (tertiary/aromatic N) is 1. The van der Waals surface area contributed by atoms with Crippen LogP contribution >= 0.6 is 11.6 Å². The molecule has 1 aromatic heterocycles. The lowest BCUT2D eigenvalue weighted by molar-refractivity contribution is -0.139. The average molecular weight is 561 g/mol. The van der Waals surface area contributed by atoms with Crippen LogP contribution in [0.2, 0.25) is 5.02 Å². The van der Waals surface area contributed by atoms with Crippen molar-refractivity contribution in [2.75, 3.05) is 6.61 Å². The van der Waals surface area contributed by atoms with Crippen LogP contribution in [-0.4, -0.2) is 46.1 Å². The van der Waals surface area contributed by atoms with Crippen LogP contribution in [0.4, 0.5) is 9.59 Å². The second-order valence-corrected chi connectivity index (χ2v) is 11.2. The Kier molecular flexibility index (Phi) is 7.29. The zero-order valence-corrected chi connectivity index (χ0v) is 23.1. The van der Waals surface area contributed by atoms with E-state index in [1.807, 2.05) is 48.5 Å². The summed E-state index contributed by atoms with van der Waals surface area (Å²) in [4.78, 5) is 37.8. The Morgan fingerprint density at radius 1 is 1.00 bits per heavy atom. The summed E-state index contributed by atoms with van der Waals surface area (Å²) in [5.41, 5.74) is 4.59. The zero-order valence-electron chi connectivity index (χ0n) is 22.3. The van der Waals surface area contributed by atoms with Crippen molar-refractivity contribution in [1.29, 1.82) is 0 Å². The summed E-state index contributed by atoms with van der Waals surface area (Å²) < 4.78 is 12.4. The minimum Gasteiger partial charge on any atom is -0.480 e. The number of alkyl carbamates (subject to hydrolysis) is 1. The molecular weight excluding hydrogens is 532 g/mol. The van der Waals surface area contributed by atoms with Crippen LogP contribution in [0, 0.1) is 0 Å². The largest absolute Gasteiger partial charge is 0.480 e. The van der Waals surface area contributed by atoms with E-state index >= 15 is 0 Å². The van der Waals surface area contributed by atoms with Crippen LogP contribution in [0.3, 0.4) is 0 Å². The van der Waals surface area contributed by atoms with Crippen LogP contribution in [0.1, 0.15) is 43.4 Å². The third-order valence-corrected chi connectivity index (χ3v) is 7.03. The lowest BCUT2D eigenvalue weighted by Gasteiger charge is -2.19. The molecule has 1 heterocycles. The van der Waals surface area contributed by atoms with E-state index in [4.69, 9.17) is 21.1 Å². The number of aliphatic carboxylic acids is 1. The Bertz CT molecular complexity index is 1570. The second kappa shape index (κ2) is 10.7. The molecule has 0 saturated carbocycles. The molecule has 1 aliphatic rings. The molecule has 0 spiro atoms. The van der Waals surface area contributed by atoms with Gasteiger partial charge in [0.25, 0.3) is 0 Å². The predicted octanol–water partition coefficient (Wildman–Crippen LogP) is 6.61. The maximum absolute atomic E-state index is 12.9. The van der Waals surface area contributed by atoms with Crippen LogP contribution < -0.4 is 5.32 Å². The molecule has 3 aromatic carbocycles. The van der Waals surface area contributed by atoms with Gasteiger partial charge in [0, 0.05) is 28.9 Å². The molecule has 4 aromatic rings. The molecule has 5 rings (SSSR count). The first-order chi connectivity index (χ1) is 19.0. The van der Waals surface area contributed by atoms with Crippen molar-refractivity contribution >= 4 is 40.7 Å². The van der Waals surface area contributed by atoms with Crippen molar-refractivity contribution in [3.8, 4) is 11.1 Å². The summed E-state index contributed by atoms with van der Waals surface area (Å²) in [6, 6.07) is 19.6. The lowest BCUT2D eigenvalue weighted by atomic mass is 9.98. The highest BCUT2D eigenvalue weighted by Gasteiger charge is 2.30. The Balaban J connectivity index is 1.33. The van der Waals surface area contributed by atoms with Gasteiger partial charge in [0.15, 0.2) is 0 Å². The molecular formula is C31H29ClN2O6. The third kappa shape index (κ3) is 5.53. The standard InChI is InChI=1S/C31H29ClN2O6/c1-31(2,3)40-30(38)34-16-18(24-15-19(32)12-13-27(24)34)14-26(28(35)36)33-29(37)39-17-25-22-10-6-4-8-20(22)21-9-5-7-11-23(21)25/h4-13,15-16,25-26H,14,17H2,1-3H3,(H,33,37)(H,35,36)/t26-/m1/s1. The number of carboxylic acid groups (broad SMARTS) is 1. The number of fused-ring (bicyclic) bond motifs is 4. The molecule has 0 bridgehead atoms. The van der Waals surface area contributed by atoms with Crippen molar-refractivity contribution < 1.29 is 29.0 Å². The first kappa shape index (κ1) is 27.3. The average Bonchev–Trinajstić information content (AvgIpc) is 3.41. The van der Waals surface area contributed by atoms with Gasteiger partial charge in [-0.3, -0.25) is 4.57 Å². The second-order valence-electron chi connectivity index (χ2n) is 10.7. The number of aromatic nitrogens is 1. The molecule has 2 N–H and O–H groups in total. The quantitative estimate of drug-likeness (QED) is 0.275. The van der Waals surface area contributed by atoms with E-state index < -0.39 is 29.8 Å². The van der Waals surface area contributed by atoms with E-state index in [9.17, 15) is 19.5 Å². The number of amides is 1. The normalized spacial score (nSPS) is 13.4. The van der Waals surface area contributed by atoms with Crippen molar-refractivity contribution in [3.05, 3.63) is 94.6 Å². The molecule has 40 heavy (non-hydrogen) atoms. The summed E-state index contributed by atoms with van der Waals surface area (Å²) in [7, 11) is 0. The number of ether oxygens (including phenoxy) is 2. The fourth-order valence-electron chi connectivity index (χ4n) is 5.10. The molecule has 0 fully saturated rings. The van der Waals surface area contributed by atoms with E-state index in [0.717, 1.165) is 22.3 Å². The number of halogens is 1. The van der Waals surface area contributed by atoms with Gasteiger partial charge in [-0.2, -0.15) is 0 Å². The zero-order chi connectivity index (χ0) is 28.6. The van der Waals surface area contributed by atoms with E-state index in [-0.39, 0.29) is 18.9 Å². The molecule has 1 atom stereocenters. The van der Waals surface area contributed by atoms with Crippen LogP contribution in [0.15, 0.2) is 72.9 Å². The lowest BCUT2D eigenvalue weighted by Crippen LogP contribution is -2.42. The topological polar surface area (TPSA) is 107 Å². The maximum Gasteiger partial charge on any atom is 0.419 e. The highest BCUT2D eigenvalue weighted by atomic mass is 35.5. The summed E-state index contributed by atoms with van der Waals surface area (Å²) in [6.45, 7) is 5.33. The van der Waals surface area contributed by atoms with Crippen molar-refractivity contribution in [1.82, 2.24) is 9.88 Å². The smallest absolute Gasteiger partial charge is 0.419 e. The number of carboxylic acids is 1. The highest BCUT2D eigenvalue weighted by molar-refractivity contribution is 6.31. The van der Waals surface area contributed by atoms with Gasteiger partial charge in [0.2, 0.25) is 0 Å². The number of rotatable bonds is 6. The van der Waals surface area contributed by atoms with Crippen LogP contribution in [0.25, 0.3) is 22.0 Å². The molecule has 8 nitrogen and oxygen atoms in total. The van der Waals surface area contributed by atoms with Gasteiger partial charge in [-0.15, -0.1) is 0 Å². The van der Waals surface area contributed by atoms with Crippen molar-refractivity contribution in [3.63, 3.8) is 0 Å². The SMILES string of the molecule is CC(C)(C)OC(=O)n1cc(C[C@@H](NC(=O)OCC2c3ccccc3-c3ccccc32)C(=O)O)c2cc(Cl)ccc21. The van der Waals surface area contributed by atoms with Crippen molar-refractivity contribution in [2.24, 2.45) is 0 Å². The van der Waals surface area contributed by atoms with Gasteiger partial charge < -0.3 is 19.9 Å². The fraction of sp³-hybridized carbons (Fsp3) is 0.258. The van der Waals surface area contributed by atoms with E-state index in [2.05, 4.69) is 5.32 Å². The predicted molar refractivity (Wildman–Crippen MR) is 152 cm³/mol. The molecule has 1 aliphatic carbocycles. The van der Waals surface area contributed by atoms with Gasteiger partial charge in [-0.1, -0.05) is 60.1 Å². The molecule has 0 saturated heterocycles. The highest BCUT2D eigenvalue weighted by Crippen LogP contribution is 2.44. The minimum atomic E-state index is -1.31. The monoisotopic (exact) mass is 560 g/mol. The summed E-state index contributed by atoms with van der Waals surface area (Å²) >= 11 is 6.21. The first-order valence-electron chi connectivity index (χ1n) is 12.9. The van der Waals surface area contributed by atoms with E-state index in [1.54, 1.807) is 39.0 Å². The molecule has 9 heteroatoms. The Labute approximate surface area is 236 Å². The van der Waals surface area contributed by atoms with Gasteiger partial charge in [-0.05, 0) is 66.8 Å². The number of hydrogen-bond acceptors (Lipinski definition) is 5. The Morgan fingerprint density at radius 2 is 1.62 bits per heavy atom. The molecule has 1 amide bonds. The molecule has 0 radical (unpaired) electrons. The van der Waals surface area contributed by atoms with Crippen LogP contribution in [-0.2, 0) is 20.7 Å². The van der Waals surface area contributed by atoms with Gasteiger partial charge in [0.05, 0.1) is 5.52 Å². The summed E-state index contributed by atoms with van der Waals surface area (Å²) in [6.07, 6.45) is -0.0399. The van der Waals surface area contributed by atoms with Gasteiger partial charge >= 0.3 is 18.2 Å². The first-order valence-corrected chi connectivity index (χ1v) is 13.3. The summed E-state index contributed by atoms with van der Waals surface area (Å²) in [5.74, 6) is -1.40. The van der Waals surface area contributed by atoms with Crippen LogP contribution in [0.5, 0.6) is 0 Å². The molecule has 0 aliphatic heterocycles. The Morgan fingerprint density at radius 3 is 2.23 bits per heavy atom. The number of benzene rings is 3. The van der Waals surface area contributed by atoms with E-state index in [1.165, 1.54) is 10.8 Å². The van der Waals surface area contributed by atoms with Crippen molar-refractivity contribution in [2.45, 2.75) is 44.8 Å². The minimum absolute atomic E-state index is 0.0553. The van der Waals surface area contributed by atoms with E-state index in [0.29, 0.717) is 21.5 Å². The number of hydrogen-bond donors (Lipinski definition) is 2. The van der Waals surface area contributed by atoms with Gasteiger partial charge in [-0.25, -0.2) is 14.4 Å². The van der Waals surface area contributed by atoms with Gasteiger partial charge in [0.1, 0.15) is 18.2 Å². The summed E-state index contributed by atoms with van der Waals surface area (Å²) in [5, 5.41) is 13.4. The number of carbonyl (C=O) groups is 3.